The molecule has 2 heterocycles. The predicted octanol–water partition coefficient (Wildman–Crippen LogP) is 3.82. The Morgan fingerprint density at radius 3 is 2.77 bits per heavy atom. The molecule has 0 spiro atoms. The second-order valence-corrected chi connectivity index (χ2v) is 5.88. The van der Waals surface area contributed by atoms with Gasteiger partial charge in [-0.1, -0.05) is 36.4 Å². The van der Waals surface area contributed by atoms with Crippen molar-refractivity contribution in [2.45, 2.75) is 13.3 Å². The highest BCUT2D eigenvalue weighted by Gasteiger charge is 2.24. The summed E-state index contributed by atoms with van der Waals surface area (Å²) in [6.45, 7) is 0.421. The zero-order chi connectivity index (χ0) is 15.1. The van der Waals surface area contributed by atoms with Crippen LogP contribution >= 0.6 is 15.9 Å². The Kier molecular flexibility index (Phi) is 3.24. The van der Waals surface area contributed by atoms with Crippen LogP contribution in [0.5, 0.6) is 5.75 Å². The minimum absolute atomic E-state index is 0.000695. The van der Waals surface area contributed by atoms with E-state index in [0.717, 1.165) is 38.6 Å². The monoisotopic (exact) mass is 356 g/mol. The molecule has 4 nitrogen and oxygen atoms in total. The molecule has 22 heavy (non-hydrogen) atoms. The standard InChI is InChI=1S/C17H13BrN2O2/c18-16-15(12-4-2-1-3-5-12)20-10-22-14-7-6-11(9-21)8-13(14)17(20)19-16/h1-8,21H,9-10H2. The summed E-state index contributed by atoms with van der Waals surface area (Å²) in [7, 11) is 0. The Hall–Kier alpha value is -2.11. The molecule has 0 fully saturated rings. The molecule has 2 aromatic carbocycles. The molecule has 1 aromatic heterocycles. The number of aliphatic hydroxyl groups excluding tert-OH is 1. The number of fused-ring (bicyclic) bond motifs is 3. The molecule has 0 unspecified atom stereocenters. The van der Waals surface area contributed by atoms with Gasteiger partial charge in [0.15, 0.2) is 6.73 Å². The largest absolute Gasteiger partial charge is 0.472 e. The molecule has 5 heteroatoms. The molecule has 0 bridgehead atoms. The highest BCUT2D eigenvalue weighted by Crippen LogP contribution is 2.40. The summed E-state index contributed by atoms with van der Waals surface area (Å²) in [6, 6.07) is 15.8. The van der Waals surface area contributed by atoms with Crippen LogP contribution in [0.25, 0.3) is 22.6 Å². The van der Waals surface area contributed by atoms with Crippen molar-refractivity contribution in [2.75, 3.05) is 0 Å². The molecule has 0 saturated carbocycles. The summed E-state index contributed by atoms with van der Waals surface area (Å²) in [5.41, 5.74) is 3.83. The Balaban J connectivity index is 1.93. The molecule has 4 rings (SSSR count). The number of halogens is 1. The van der Waals surface area contributed by atoms with Crippen molar-refractivity contribution in [3.63, 3.8) is 0 Å². The molecule has 0 saturated heterocycles. The zero-order valence-electron chi connectivity index (χ0n) is 11.7. The number of ether oxygens (including phenoxy) is 1. The van der Waals surface area contributed by atoms with E-state index in [1.54, 1.807) is 0 Å². The minimum Gasteiger partial charge on any atom is -0.472 e. The van der Waals surface area contributed by atoms with Gasteiger partial charge >= 0.3 is 0 Å². The van der Waals surface area contributed by atoms with Gasteiger partial charge in [0.25, 0.3) is 0 Å². The maximum absolute atomic E-state index is 9.35. The Labute approximate surface area is 136 Å². The van der Waals surface area contributed by atoms with Crippen molar-refractivity contribution < 1.29 is 9.84 Å². The Bertz CT molecular complexity index is 843. The van der Waals surface area contributed by atoms with Crippen LogP contribution in [-0.2, 0) is 13.3 Å². The first-order valence-electron chi connectivity index (χ1n) is 6.96. The van der Waals surface area contributed by atoms with Gasteiger partial charge in [0.2, 0.25) is 0 Å². The quantitative estimate of drug-likeness (QED) is 0.759. The van der Waals surface area contributed by atoms with Gasteiger partial charge in [-0.3, -0.25) is 4.57 Å². The zero-order valence-corrected chi connectivity index (χ0v) is 13.2. The summed E-state index contributed by atoms with van der Waals surface area (Å²) >= 11 is 3.56. The number of hydrogen-bond donors (Lipinski definition) is 1. The lowest BCUT2D eigenvalue weighted by atomic mass is 10.1. The molecular weight excluding hydrogens is 344 g/mol. The van der Waals surface area contributed by atoms with Crippen LogP contribution in [0, 0.1) is 0 Å². The fourth-order valence-electron chi connectivity index (χ4n) is 2.74. The highest BCUT2D eigenvalue weighted by molar-refractivity contribution is 9.10. The van der Waals surface area contributed by atoms with Crippen LogP contribution in [0.1, 0.15) is 5.56 Å². The van der Waals surface area contributed by atoms with E-state index in [2.05, 4.69) is 33.0 Å². The number of aliphatic hydroxyl groups is 1. The first kappa shape index (κ1) is 13.5. The number of hydrogen-bond acceptors (Lipinski definition) is 3. The maximum Gasteiger partial charge on any atom is 0.167 e. The second-order valence-electron chi connectivity index (χ2n) is 5.13. The topological polar surface area (TPSA) is 47.3 Å². The smallest absolute Gasteiger partial charge is 0.167 e. The van der Waals surface area contributed by atoms with Crippen LogP contribution in [-0.4, -0.2) is 14.7 Å². The van der Waals surface area contributed by atoms with E-state index in [4.69, 9.17) is 4.74 Å². The second kappa shape index (κ2) is 5.26. The van der Waals surface area contributed by atoms with Gasteiger partial charge in [0, 0.05) is 5.56 Å². The fraction of sp³-hybridized carbons (Fsp3) is 0.118. The molecule has 0 aliphatic carbocycles. The normalized spacial score (nSPS) is 12.5. The van der Waals surface area contributed by atoms with E-state index >= 15 is 0 Å². The molecule has 110 valence electrons. The van der Waals surface area contributed by atoms with Crippen molar-refractivity contribution in [1.29, 1.82) is 0 Å². The van der Waals surface area contributed by atoms with Crippen LogP contribution in [0.2, 0.25) is 0 Å². The van der Waals surface area contributed by atoms with Crippen molar-refractivity contribution in [3.8, 4) is 28.4 Å². The predicted molar refractivity (Wildman–Crippen MR) is 87.3 cm³/mol. The van der Waals surface area contributed by atoms with Crippen molar-refractivity contribution >= 4 is 15.9 Å². The first-order valence-corrected chi connectivity index (χ1v) is 7.75. The van der Waals surface area contributed by atoms with Gasteiger partial charge < -0.3 is 9.84 Å². The fourth-order valence-corrected chi connectivity index (χ4v) is 3.35. The van der Waals surface area contributed by atoms with E-state index in [-0.39, 0.29) is 6.61 Å². The van der Waals surface area contributed by atoms with Crippen LogP contribution in [0.4, 0.5) is 0 Å². The summed E-state index contributed by atoms with van der Waals surface area (Å²) in [5, 5.41) is 9.35. The van der Waals surface area contributed by atoms with E-state index < -0.39 is 0 Å². The van der Waals surface area contributed by atoms with Gasteiger partial charge in [0.05, 0.1) is 17.9 Å². The molecular formula is C17H13BrN2O2. The average Bonchev–Trinajstić information content (AvgIpc) is 2.91. The van der Waals surface area contributed by atoms with E-state index in [1.165, 1.54) is 0 Å². The van der Waals surface area contributed by atoms with Crippen molar-refractivity contribution in [1.82, 2.24) is 9.55 Å². The van der Waals surface area contributed by atoms with E-state index in [9.17, 15) is 5.11 Å². The van der Waals surface area contributed by atoms with Gasteiger partial charge in [-0.25, -0.2) is 4.98 Å². The number of aromatic nitrogens is 2. The summed E-state index contributed by atoms with van der Waals surface area (Å²) in [5.74, 6) is 1.64. The lowest BCUT2D eigenvalue weighted by molar-refractivity contribution is 0.231. The lowest BCUT2D eigenvalue weighted by Crippen LogP contribution is -2.14. The third-order valence-corrected chi connectivity index (χ3v) is 4.34. The van der Waals surface area contributed by atoms with Gasteiger partial charge in [-0.15, -0.1) is 0 Å². The van der Waals surface area contributed by atoms with Gasteiger partial charge in [0.1, 0.15) is 16.2 Å². The summed E-state index contributed by atoms with van der Waals surface area (Å²) in [4.78, 5) is 4.66. The lowest BCUT2D eigenvalue weighted by Gasteiger charge is -2.21. The van der Waals surface area contributed by atoms with Gasteiger partial charge in [-0.05, 0) is 33.6 Å². The average molecular weight is 357 g/mol. The van der Waals surface area contributed by atoms with Gasteiger partial charge in [-0.2, -0.15) is 0 Å². The molecule has 1 aliphatic heterocycles. The van der Waals surface area contributed by atoms with Crippen molar-refractivity contribution in [3.05, 3.63) is 58.7 Å². The van der Waals surface area contributed by atoms with Crippen LogP contribution in [0.15, 0.2) is 53.1 Å². The Morgan fingerprint density at radius 1 is 1.18 bits per heavy atom. The highest BCUT2D eigenvalue weighted by atomic mass is 79.9. The molecule has 3 aromatic rings. The first-order chi connectivity index (χ1) is 10.8. The van der Waals surface area contributed by atoms with E-state index in [1.807, 2.05) is 41.0 Å². The molecule has 0 amide bonds. The summed E-state index contributed by atoms with van der Waals surface area (Å²) in [6.07, 6.45) is 0. The van der Waals surface area contributed by atoms with Crippen LogP contribution < -0.4 is 4.74 Å². The van der Waals surface area contributed by atoms with Crippen LogP contribution in [0.3, 0.4) is 0 Å². The SMILES string of the molecule is OCc1ccc2c(c1)-c1nc(Br)c(-c3ccccc3)n1CO2. The molecule has 0 radical (unpaired) electrons. The Morgan fingerprint density at radius 2 is 2.00 bits per heavy atom. The minimum atomic E-state index is 0.000695. The molecule has 1 aliphatic rings. The number of benzene rings is 2. The number of rotatable bonds is 2. The maximum atomic E-state index is 9.35. The summed E-state index contributed by atoms with van der Waals surface area (Å²) < 4.78 is 8.68. The molecule has 1 N–H and O–H groups in total. The number of imidazole rings is 1. The van der Waals surface area contributed by atoms with E-state index in [0.29, 0.717) is 6.73 Å². The van der Waals surface area contributed by atoms with Crippen molar-refractivity contribution in [2.24, 2.45) is 0 Å². The third kappa shape index (κ3) is 2.05. The molecule has 0 atom stereocenters. The number of nitrogens with zero attached hydrogens (tertiary/aromatic N) is 2. The third-order valence-electron chi connectivity index (χ3n) is 3.79.